The molecule has 4 heteroatoms. The fourth-order valence-corrected chi connectivity index (χ4v) is 2.06. The number of hydrogen-bond donors (Lipinski definition) is 0. The van der Waals surface area contributed by atoms with Crippen molar-refractivity contribution in [1.82, 2.24) is 9.97 Å². The second kappa shape index (κ2) is 6.53. The Labute approximate surface area is 119 Å². The molecule has 0 fully saturated rings. The molecule has 19 heavy (non-hydrogen) atoms. The number of hydrogen-bond acceptors (Lipinski definition) is 3. The van der Waals surface area contributed by atoms with Gasteiger partial charge in [0, 0.05) is 26.1 Å². The molecule has 0 aliphatic carbocycles. The number of likely N-dealkylation sites (N-methyl/N-ethyl adjacent to an activating group) is 1. The Bertz CT molecular complexity index is 528. The number of aryl methyl sites for hydroxylation is 1. The number of halogens is 1. The minimum atomic E-state index is 0.508. The van der Waals surface area contributed by atoms with Gasteiger partial charge in [-0.1, -0.05) is 48.9 Å². The maximum atomic E-state index is 6.01. The van der Waals surface area contributed by atoms with Crippen LogP contribution >= 0.6 is 11.6 Å². The molecule has 0 amide bonds. The lowest BCUT2D eigenvalue weighted by Crippen LogP contribution is -2.22. The van der Waals surface area contributed by atoms with E-state index in [1.165, 1.54) is 5.56 Å². The van der Waals surface area contributed by atoms with Crippen LogP contribution in [0.1, 0.15) is 18.3 Å². The van der Waals surface area contributed by atoms with Crippen molar-refractivity contribution < 1.29 is 0 Å². The van der Waals surface area contributed by atoms with Gasteiger partial charge in [0.2, 0.25) is 0 Å². The molecule has 0 bridgehead atoms. The van der Waals surface area contributed by atoms with E-state index in [1.54, 1.807) is 0 Å². The summed E-state index contributed by atoms with van der Waals surface area (Å²) in [7, 11) is 2.03. The van der Waals surface area contributed by atoms with E-state index in [9.17, 15) is 0 Å². The number of aromatic nitrogens is 2. The third-order valence-electron chi connectivity index (χ3n) is 3.01. The average Bonchev–Trinajstić information content (AvgIpc) is 2.45. The van der Waals surface area contributed by atoms with Crippen molar-refractivity contribution in [3.05, 3.63) is 52.9 Å². The van der Waals surface area contributed by atoms with Crippen molar-refractivity contribution in [2.24, 2.45) is 0 Å². The smallest absolute Gasteiger partial charge is 0.134 e. The molecular formula is C15H18ClN3. The van der Waals surface area contributed by atoms with Gasteiger partial charge in [-0.3, -0.25) is 0 Å². The van der Waals surface area contributed by atoms with Gasteiger partial charge in [-0.25, -0.2) is 9.97 Å². The first-order valence-corrected chi connectivity index (χ1v) is 6.85. The lowest BCUT2D eigenvalue weighted by molar-refractivity contribution is 0.837. The highest BCUT2D eigenvalue weighted by Gasteiger charge is 2.06. The maximum absolute atomic E-state index is 6.01. The molecule has 0 saturated carbocycles. The van der Waals surface area contributed by atoms with Gasteiger partial charge in [0.25, 0.3) is 0 Å². The summed E-state index contributed by atoms with van der Waals surface area (Å²) in [4.78, 5) is 10.8. The maximum Gasteiger partial charge on any atom is 0.134 e. The fourth-order valence-electron chi connectivity index (χ4n) is 1.86. The zero-order valence-electron chi connectivity index (χ0n) is 11.3. The standard InChI is InChI=1S/C15H18ClN3/c1-3-14-17-13(16)11-15(18-14)19(2)10-9-12-7-5-4-6-8-12/h4-8,11H,3,9-10H2,1-2H3. The first kappa shape index (κ1) is 13.8. The van der Waals surface area contributed by atoms with Crippen molar-refractivity contribution in [2.45, 2.75) is 19.8 Å². The Balaban J connectivity index is 2.03. The van der Waals surface area contributed by atoms with Crippen molar-refractivity contribution in [1.29, 1.82) is 0 Å². The van der Waals surface area contributed by atoms with Crippen molar-refractivity contribution >= 4 is 17.4 Å². The average molecular weight is 276 g/mol. The van der Waals surface area contributed by atoms with E-state index < -0.39 is 0 Å². The molecule has 2 rings (SSSR count). The second-order valence-electron chi connectivity index (χ2n) is 4.48. The molecule has 1 heterocycles. The van der Waals surface area contributed by atoms with Crippen LogP contribution in [0.2, 0.25) is 5.15 Å². The van der Waals surface area contributed by atoms with Gasteiger partial charge < -0.3 is 4.90 Å². The number of rotatable bonds is 5. The number of nitrogens with zero attached hydrogens (tertiary/aromatic N) is 3. The summed E-state index contributed by atoms with van der Waals surface area (Å²) in [5.74, 6) is 1.67. The summed E-state index contributed by atoms with van der Waals surface area (Å²) >= 11 is 6.01. The zero-order valence-corrected chi connectivity index (χ0v) is 12.1. The first-order valence-electron chi connectivity index (χ1n) is 6.47. The van der Waals surface area contributed by atoms with Gasteiger partial charge in [-0.2, -0.15) is 0 Å². The zero-order chi connectivity index (χ0) is 13.7. The Morgan fingerprint density at radius 1 is 1.16 bits per heavy atom. The van der Waals surface area contributed by atoms with Gasteiger partial charge >= 0.3 is 0 Å². The normalized spacial score (nSPS) is 10.5. The molecule has 0 saturated heterocycles. The lowest BCUT2D eigenvalue weighted by atomic mass is 10.1. The van der Waals surface area contributed by atoms with Crippen molar-refractivity contribution in [2.75, 3.05) is 18.5 Å². The Hall–Kier alpha value is -1.61. The molecule has 0 N–H and O–H groups in total. The van der Waals surface area contributed by atoms with Gasteiger partial charge in [0.1, 0.15) is 16.8 Å². The van der Waals surface area contributed by atoms with Crippen LogP contribution < -0.4 is 4.90 Å². The van der Waals surface area contributed by atoms with E-state index in [0.29, 0.717) is 5.15 Å². The molecule has 100 valence electrons. The molecule has 0 unspecified atom stereocenters. The Morgan fingerprint density at radius 2 is 1.89 bits per heavy atom. The Morgan fingerprint density at radius 3 is 2.58 bits per heavy atom. The Kier molecular flexibility index (Phi) is 4.74. The third-order valence-corrected chi connectivity index (χ3v) is 3.21. The van der Waals surface area contributed by atoms with Crippen LogP contribution in [0, 0.1) is 0 Å². The van der Waals surface area contributed by atoms with Crippen molar-refractivity contribution in [3.63, 3.8) is 0 Å². The van der Waals surface area contributed by atoms with Crippen LogP contribution in [-0.4, -0.2) is 23.6 Å². The van der Waals surface area contributed by atoms with Crippen LogP contribution in [-0.2, 0) is 12.8 Å². The monoisotopic (exact) mass is 275 g/mol. The van der Waals surface area contributed by atoms with E-state index in [2.05, 4.69) is 39.1 Å². The summed E-state index contributed by atoms with van der Waals surface area (Å²) in [5.41, 5.74) is 1.32. The minimum Gasteiger partial charge on any atom is -0.359 e. The number of benzene rings is 1. The quantitative estimate of drug-likeness (QED) is 0.784. The molecule has 0 aliphatic heterocycles. The molecule has 1 aromatic heterocycles. The molecule has 1 aromatic carbocycles. The predicted octanol–water partition coefficient (Wildman–Crippen LogP) is 3.37. The molecule has 0 atom stereocenters. The highest BCUT2D eigenvalue weighted by Crippen LogP contribution is 2.15. The van der Waals surface area contributed by atoms with Crippen LogP contribution in [0.5, 0.6) is 0 Å². The van der Waals surface area contributed by atoms with Crippen molar-refractivity contribution in [3.8, 4) is 0 Å². The van der Waals surface area contributed by atoms with E-state index in [1.807, 2.05) is 26.1 Å². The van der Waals surface area contributed by atoms with Crippen LogP contribution in [0.3, 0.4) is 0 Å². The van der Waals surface area contributed by atoms with E-state index in [4.69, 9.17) is 11.6 Å². The molecule has 0 radical (unpaired) electrons. The molecule has 2 aromatic rings. The van der Waals surface area contributed by atoms with Gasteiger partial charge in [-0.05, 0) is 12.0 Å². The summed E-state index contributed by atoms with van der Waals surface area (Å²) in [6.07, 6.45) is 1.78. The van der Waals surface area contributed by atoms with Gasteiger partial charge in [0.15, 0.2) is 0 Å². The summed E-state index contributed by atoms with van der Waals surface area (Å²) in [6, 6.07) is 12.2. The summed E-state index contributed by atoms with van der Waals surface area (Å²) in [6.45, 7) is 2.93. The van der Waals surface area contributed by atoms with Crippen LogP contribution in [0.4, 0.5) is 5.82 Å². The highest BCUT2D eigenvalue weighted by atomic mass is 35.5. The first-order chi connectivity index (χ1) is 9.19. The molecule has 0 spiro atoms. The van der Waals surface area contributed by atoms with Gasteiger partial charge in [-0.15, -0.1) is 0 Å². The topological polar surface area (TPSA) is 29.0 Å². The van der Waals surface area contributed by atoms with Gasteiger partial charge in [0.05, 0.1) is 0 Å². The third kappa shape index (κ3) is 3.93. The van der Waals surface area contributed by atoms with E-state index >= 15 is 0 Å². The second-order valence-corrected chi connectivity index (χ2v) is 4.86. The fraction of sp³-hybridized carbons (Fsp3) is 0.333. The van der Waals surface area contributed by atoms with Crippen LogP contribution in [0.15, 0.2) is 36.4 Å². The largest absolute Gasteiger partial charge is 0.359 e. The molecule has 0 aliphatic rings. The lowest BCUT2D eigenvalue weighted by Gasteiger charge is -2.18. The SMILES string of the molecule is CCc1nc(Cl)cc(N(C)CCc2ccccc2)n1. The van der Waals surface area contributed by atoms with E-state index in [0.717, 1.165) is 31.0 Å². The van der Waals surface area contributed by atoms with E-state index in [-0.39, 0.29) is 0 Å². The minimum absolute atomic E-state index is 0.508. The molecular weight excluding hydrogens is 258 g/mol. The summed E-state index contributed by atoms with van der Waals surface area (Å²) < 4.78 is 0. The highest BCUT2D eigenvalue weighted by molar-refractivity contribution is 6.29. The molecule has 3 nitrogen and oxygen atoms in total. The predicted molar refractivity (Wildman–Crippen MR) is 79.8 cm³/mol. The summed E-state index contributed by atoms with van der Waals surface area (Å²) in [5, 5.41) is 0.508. The number of anilines is 1. The van der Waals surface area contributed by atoms with Crippen LogP contribution in [0.25, 0.3) is 0 Å².